The highest BCUT2D eigenvalue weighted by molar-refractivity contribution is 9.10. The van der Waals surface area contributed by atoms with E-state index in [2.05, 4.69) is 82.0 Å². The van der Waals surface area contributed by atoms with Gasteiger partial charge in [-0.05, 0) is 54.7 Å². The number of para-hydroxylation sites is 2. The second kappa shape index (κ2) is 7.77. The van der Waals surface area contributed by atoms with Gasteiger partial charge < -0.3 is 10.6 Å². The van der Waals surface area contributed by atoms with Gasteiger partial charge in [0.2, 0.25) is 0 Å². The van der Waals surface area contributed by atoms with Crippen LogP contribution in [-0.4, -0.2) is 5.78 Å². The van der Waals surface area contributed by atoms with E-state index in [1.807, 2.05) is 24.3 Å². The van der Waals surface area contributed by atoms with Crippen molar-refractivity contribution in [2.75, 3.05) is 10.6 Å². The zero-order valence-corrected chi connectivity index (χ0v) is 18.4. The van der Waals surface area contributed by atoms with Crippen molar-refractivity contribution in [2.45, 2.75) is 31.7 Å². The Labute approximate surface area is 185 Å². The number of hydrogen-bond donors (Lipinski definition) is 2. The number of benzene rings is 3. The molecule has 2 N–H and O–H groups in total. The Morgan fingerprint density at radius 2 is 1.63 bits per heavy atom. The molecule has 1 aliphatic carbocycles. The van der Waals surface area contributed by atoms with Gasteiger partial charge in [0.15, 0.2) is 5.78 Å². The van der Waals surface area contributed by atoms with Crippen LogP contribution in [0.3, 0.4) is 0 Å². The number of anilines is 2. The molecular weight excluding hydrogens is 436 g/mol. The third-order valence-electron chi connectivity index (χ3n) is 6.04. The number of ketones is 1. The minimum atomic E-state index is -0.160. The Hall–Kier alpha value is -2.85. The van der Waals surface area contributed by atoms with Gasteiger partial charge in [0, 0.05) is 22.2 Å². The summed E-state index contributed by atoms with van der Waals surface area (Å²) in [5.74, 6) is 0.379. The Morgan fingerprint density at radius 1 is 0.867 bits per heavy atom. The van der Waals surface area contributed by atoms with Gasteiger partial charge in [-0.25, -0.2) is 0 Å². The first kappa shape index (κ1) is 19.1. The zero-order chi connectivity index (χ0) is 20.7. The molecule has 0 saturated heterocycles. The van der Waals surface area contributed by atoms with E-state index in [1.165, 1.54) is 11.1 Å². The number of Topliss-reactive ketones (excluding diaryl/α,β-unsaturated/α-hetero) is 1. The Bertz CT molecular complexity index is 1150. The summed E-state index contributed by atoms with van der Waals surface area (Å²) in [6.45, 7) is 2.08. The fourth-order valence-corrected chi connectivity index (χ4v) is 4.91. The van der Waals surface area contributed by atoms with Crippen molar-refractivity contribution in [2.24, 2.45) is 0 Å². The van der Waals surface area contributed by atoms with Gasteiger partial charge in [-0.3, -0.25) is 4.79 Å². The van der Waals surface area contributed by atoms with E-state index in [9.17, 15) is 4.79 Å². The summed E-state index contributed by atoms with van der Waals surface area (Å²) in [5.41, 5.74) is 7.45. The van der Waals surface area contributed by atoms with E-state index in [1.54, 1.807) is 0 Å². The third-order valence-corrected chi connectivity index (χ3v) is 6.53. The molecular formula is C26H23BrN2O. The molecule has 1 aliphatic heterocycles. The average molecular weight is 459 g/mol. The van der Waals surface area contributed by atoms with Gasteiger partial charge >= 0.3 is 0 Å². The van der Waals surface area contributed by atoms with Crippen molar-refractivity contribution in [1.82, 2.24) is 0 Å². The van der Waals surface area contributed by atoms with E-state index >= 15 is 0 Å². The predicted molar refractivity (Wildman–Crippen MR) is 126 cm³/mol. The Kier molecular flexibility index (Phi) is 4.95. The van der Waals surface area contributed by atoms with Crippen LogP contribution >= 0.6 is 15.9 Å². The Morgan fingerprint density at radius 3 is 2.40 bits per heavy atom. The van der Waals surface area contributed by atoms with E-state index in [4.69, 9.17) is 0 Å². The fraction of sp³-hybridized carbons (Fsp3) is 0.192. The minimum Gasteiger partial charge on any atom is -0.372 e. The van der Waals surface area contributed by atoms with Gasteiger partial charge in [0.05, 0.1) is 17.4 Å². The molecule has 0 spiro atoms. The molecule has 30 heavy (non-hydrogen) atoms. The molecule has 2 atom stereocenters. The lowest BCUT2D eigenvalue weighted by molar-refractivity contribution is -0.116. The van der Waals surface area contributed by atoms with Crippen LogP contribution in [0.1, 0.15) is 41.5 Å². The van der Waals surface area contributed by atoms with Crippen molar-refractivity contribution in [1.29, 1.82) is 0 Å². The maximum absolute atomic E-state index is 13.5. The number of nitrogens with one attached hydrogen (secondary N) is 2. The molecule has 4 heteroatoms. The standard InChI is InChI=1S/C26H23BrN2O/c1-16-9-11-17(12-10-16)26-25-23(28-21-7-2-3-8-22(21)29-26)14-19(15-24(25)30)18-5-4-6-20(27)13-18/h2-13,19,26,28-29H,14-15H2,1H3/t19-,26+/m1/s1. The molecule has 0 unspecified atom stereocenters. The topological polar surface area (TPSA) is 41.1 Å². The predicted octanol–water partition coefficient (Wildman–Crippen LogP) is 6.74. The van der Waals surface area contributed by atoms with Gasteiger partial charge in [-0.15, -0.1) is 0 Å². The maximum atomic E-state index is 13.5. The zero-order valence-electron chi connectivity index (χ0n) is 16.8. The molecule has 3 aromatic carbocycles. The van der Waals surface area contributed by atoms with Crippen LogP contribution in [0, 0.1) is 6.92 Å². The molecule has 0 amide bonds. The molecule has 1 heterocycles. The number of allylic oxidation sites excluding steroid dienone is 1. The van der Waals surface area contributed by atoms with Crippen LogP contribution in [-0.2, 0) is 4.79 Å². The molecule has 0 saturated carbocycles. The highest BCUT2D eigenvalue weighted by Gasteiger charge is 2.36. The van der Waals surface area contributed by atoms with Crippen LogP contribution in [0.4, 0.5) is 11.4 Å². The van der Waals surface area contributed by atoms with Crippen LogP contribution in [0.25, 0.3) is 0 Å². The third kappa shape index (κ3) is 3.56. The monoisotopic (exact) mass is 458 g/mol. The molecule has 0 bridgehead atoms. The molecule has 5 rings (SSSR count). The number of hydrogen-bond acceptors (Lipinski definition) is 3. The van der Waals surface area contributed by atoms with Crippen LogP contribution < -0.4 is 10.6 Å². The SMILES string of the molecule is Cc1ccc([C@@H]2Nc3ccccc3NC3=C2C(=O)C[C@H](c2cccc(Br)c2)C3)cc1. The van der Waals surface area contributed by atoms with Crippen molar-refractivity contribution >= 4 is 33.1 Å². The van der Waals surface area contributed by atoms with Crippen LogP contribution in [0.5, 0.6) is 0 Å². The highest BCUT2D eigenvalue weighted by Crippen LogP contribution is 2.44. The van der Waals surface area contributed by atoms with E-state index in [-0.39, 0.29) is 17.7 Å². The maximum Gasteiger partial charge on any atom is 0.163 e. The normalized spacial score (nSPS) is 20.5. The summed E-state index contributed by atoms with van der Waals surface area (Å²) in [6, 6.07) is 24.8. The lowest BCUT2D eigenvalue weighted by Gasteiger charge is -2.30. The molecule has 2 aliphatic rings. The first-order valence-corrected chi connectivity index (χ1v) is 11.1. The molecule has 0 fully saturated rings. The Balaban J connectivity index is 1.61. The quantitative estimate of drug-likeness (QED) is 0.446. The number of carbonyl (C=O) groups is 1. The van der Waals surface area contributed by atoms with Gasteiger partial charge in [-0.2, -0.15) is 0 Å². The highest BCUT2D eigenvalue weighted by atomic mass is 79.9. The number of aryl methyl sites for hydroxylation is 1. The van der Waals surface area contributed by atoms with Crippen molar-refractivity contribution in [3.8, 4) is 0 Å². The van der Waals surface area contributed by atoms with Crippen molar-refractivity contribution in [3.63, 3.8) is 0 Å². The summed E-state index contributed by atoms with van der Waals surface area (Å²) >= 11 is 3.57. The molecule has 150 valence electrons. The van der Waals surface area contributed by atoms with Gasteiger partial charge in [0.25, 0.3) is 0 Å². The summed E-state index contributed by atoms with van der Waals surface area (Å²) in [5, 5.41) is 7.24. The fourth-order valence-electron chi connectivity index (χ4n) is 4.50. The number of halogens is 1. The number of carbonyl (C=O) groups excluding carboxylic acids is 1. The van der Waals surface area contributed by atoms with E-state index < -0.39 is 0 Å². The summed E-state index contributed by atoms with van der Waals surface area (Å²) in [4.78, 5) is 13.5. The molecule has 3 aromatic rings. The van der Waals surface area contributed by atoms with E-state index in [0.717, 1.165) is 39.1 Å². The number of rotatable bonds is 2. The van der Waals surface area contributed by atoms with Gasteiger partial charge in [-0.1, -0.05) is 70.0 Å². The smallest absolute Gasteiger partial charge is 0.163 e. The largest absolute Gasteiger partial charge is 0.372 e. The van der Waals surface area contributed by atoms with Crippen molar-refractivity contribution in [3.05, 3.63) is 105 Å². The first-order valence-electron chi connectivity index (χ1n) is 10.3. The molecule has 0 radical (unpaired) electrons. The first-order chi connectivity index (χ1) is 14.6. The minimum absolute atomic E-state index is 0.160. The molecule has 3 nitrogen and oxygen atoms in total. The second-order valence-electron chi connectivity index (χ2n) is 8.13. The van der Waals surface area contributed by atoms with Crippen molar-refractivity contribution < 1.29 is 4.79 Å². The number of fused-ring (bicyclic) bond motifs is 1. The van der Waals surface area contributed by atoms with Gasteiger partial charge in [0.1, 0.15) is 0 Å². The van der Waals surface area contributed by atoms with E-state index in [0.29, 0.717) is 6.42 Å². The average Bonchev–Trinajstić information content (AvgIpc) is 2.91. The summed E-state index contributed by atoms with van der Waals surface area (Å²) < 4.78 is 1.05. The second-order valence-corrected chi connectivity index (χ2v) is 9.05. The van der Waals surface area contributed by atoms with Crippen LogP contribution in [0.15, 0.2) is 88.5 Å². The lowest BCUT2D eigenvalue weighted by atomic mass is 9.78. The lowest BCUT2D eigenvalue weighted by Crippen LogP contribution is -2.26. The molecule has 0 aromatic heterocycles. The van der Waals surface area contributed by atoms with Crippen LogP contribution in [0.2, 0.25) is 0 Å². The summed E-state index contributed by atoms with van der Waals surface area (Å²) in [6.07, 6.45) is 1.34. The summed E-state index contributed by atoms with van der Waals surface area (Å²) in [7, 11) is 0.